The zero-order valence-corrected chi connectivity index (χ0v) is 15.5. The molecule has 1 unspecified atom stereocenters. The maximum atomic E-state index is 13.1. The molecule has 1 aromatic carbocycles. The van der Waals surface area contributed by atoms with Crippen LogP contribution in [0, 0.1) is 10.1 Å². The highest BCUT2D eigenvalue weighted by Crippen LogP contribution is 2.31. The number of nitrogens with zero attached hydrogens (tertiary/aromatic N) is 5. The number of hydrogen-bond acceptors (Lipinski definition) is 5. The van der Waals surface area contributed by atoms with E-state index in [0.717, 1.165) is 12.3 Å². The van der Waals surface area contributed by atoms with Crippen molar-refractivity contribution in [3.63, 3.8) is 0 Å². The number of carbonyl (C=O) groups excluding carboxylic acids is 1. The van der Waals surface area contributed by atoms with Gasteiger partial charge in [-0.3, -0.25) is 19.3 Å². The van der Waals surface area contributed by atoms with E-state index in [1.54, 1.807) is 4.90 Å². The minimum atomic E-state index is -4.49. The maximum absolute atomic E-state index is 13.1. The van der Waals surface area contributed by atoms with Crippen LogP contribution in [0.25, 0.3) is 5.65 Å². The molecule has 3 aromatic rings. The van der Waals surface area contributed by atoms with Crippen LogP contribution in [0.4, 0.5) is 18.9 Å². The Morgan fingerprint density at radius 1 is 1.20 bits per heavy atom. The van der Waals surface area contributed by atoms with Crippen molar-refractivity contribution in [1.82, 2.24) is 19.5 Å². The first kappa shape index (κ1) is 19.8. The number of benzene rings is 1. The summed E-state index contributed by atoms with van der Waals surface area (Å²) in [7, 11) is 0. The van der Waals surface area contributed by atoms with Crippen molar-refractivity contribution < 1.29 is 22.9 Å². The fraction of sp³-hybridized carbons (Fsp3) is 0.316. The Morgan fingerprint density at radius 2 is 2.00 bits per heavy atom. The molecule has 1 saturated heterocycles. The Morgan fingerprint density at radius 3 is 2.73 bits per heavy atom. The van der Waals surface area contributed by atoms with Gasteiger partial charge in [0.2, 0.25) is 0 Å². The van der Waals surface area contributed by atoms with Gasteiger partial charge in [0.25, 0.3) is 11.6 Å². The lowest BCUT2D eigenvalue weighted by atomic mass is 9.96. The molecule has 2 aromatic heterocycles. The van der Waals surface area contributed by atoms with Crippen molar-refractivity contribution in [2.45, 2.75) is 24.9 Å². The molecule has 1 fully saturated rings. The number of halogens is 3. The number of hydrogen-bond donors (Lipinski definition) is 0. The zero-order chi connectivity index (χ0) is 21.5. The number of carbonyl (C=O) groups is 1. The van der Waals surface area contributed by atoms with Gasteiger partial charge in [0, 0.05) is 42.9 Å². The number of non-ortho nitro benzene ring substituents is 1. The lowest BCUT2D eigenvalue weighted by Gasteiger charge is -2.32. The maximum Gasteiger partial charge on any atom is 0.417 e. The van der Waals surface area contributed by atoms with Crippen LogP contribution in [0.3, 0.4) is 0 Å². The molecule has 4 rings (SSSR count). The summed E-state index contributed by atoms with van der Waals surface area (Å²) < 4.78 is 40.6. The molecule has 0 N–H and O–H groups in total. The molecule has 0 saturated carbocycles. The van der Waals surface area contributed by atoms with Gasteiger partial charge >= 0.3 is 6.18 Å². The lowest BCUT2D eigenvalue weighted by Crippen LogP contribution is -2.39. The molecule has 0 radical (unpaired) electrons. The number of pyridine rings is 1. The van der Waals surface area contributed by atoms with Crippen molar-refractivity contribution >= 4 is 17.2 Å². The SMILES string of the molecule is O=C(c1cccc([N+](=O)[O-])c1)N1CCCC(c2nnc3ccc(C(F)(F)F)cn23)C1. The molecule has 1 aliphatic rings. The average Bonchev–Trinajstić information content (AvgIpc) is 3.16. The smallest absolute Gasteiger partial charge is 0.338 e. The van der Waals surface area contributed by atoms with Gasteiger partial charge < -0.3 is 4.90 Å². The first-order valence-corrected chi connectivity index (χ1v) is 9.19. The highest BCUT2D eigenvalue weighted by Gasteiger charge is 2.33. The lowest BCUT2D eigenvalue weighted by molar-refractivity contribution is -0.384. The Kier molecular flexibility index (Phi) is 4.88. The number of nitro groups is 1. The molecule has 11 heteroatoms. The molecule has 0 spiro atoms. The quantitative estimate of drug-likeness (QED) is 0.477. The summed E-state index contributed by atoms with van der Waals surface area (Å²) in [5.74, 6) is -0.319. The summed E-state index contributed by atoms with van der Waals surface area (Å²) in [6, 6.07) is 7.67. The van der Waals surface area contributed by atoms with Crippen LogP contribution >= 0.6 is 0 Å². The second-order valence-corrected chi connectivity index (χ2v) is 7.10. The van der Waals surface area contributed by atoms with E-state index in [2.05, 4.69) is 10.2 Å². The summed E-state index contributed by atoms with van der Waals surface area (Å²) in [4.78, 5) is 24.8. The van der Waals surface area contributed by atoms with E-state index < -0.39 is 16.7 Å². The number of rotatable bonds is 3. The molecule has 3 heterocycles. The molecular formula is C19H16F3N5O3. The molecule has 156 valence electrons. The van der Waals surface area contributed by atoms with Crippen molar-refractivity contribution in [3.05, 3.63) is 69.7 Å². The van der Waals surface area contributed by atoms with E-state index in [-0.39, 0.29) is 29.6 Å². The Labute approximate surface area is 168 Å². The summed E-state index contributed by atoms with van der Waals surface area (Å²) in [5.41, 5.74) is -0.510. The molecule has 1 aliphatic heterocycles. The summed E-state index contributed by atoms with van der Waals surface area (Å²) in [6.45, 7) is 0.682. The van der Waals surface area contributed by atoms with E-state index in [0.29, 0.717) is 30.9 Å². The highest BCUT2D eigenvalue weighted by molar-refractivity contribution is 5.95. The van der Waals surface area contributed by atoms with Crippen LogP contribution in [-0.4, -0.2) is 43.4 Å². The Balaban J connectivity index is 1.61. The van der Waals surface area contributed by atoms with Crippen LogP contribution in [0.1, 0.15) is 40.5 Å². The molecule has 1 atom stereocenters. The first-order chi connectivity index (χ1) is 14.2. The number of aromatic nitrogens is 3. The standard InChI is InChI=1S/C19H16F3N5O3/c20-19(21,22)14-6-7-16-23-24-17(26(16)11-14)13-4-2-8-25(10-13)18(28)12-3-1-5-15(9-12)27(29)30/h1,3,5-7,9,11,13H,2,4,8,10H2. The number of fused-ring (bicyclic) bond motifs is 1. The Bertz CT molecular complexity index is 1130. The van der Waals surface area contributed by atoms with Crippen LogP contribution in [0.2, 0.25) is 0 Å². The first-order valence-electron chi connectivity index (χ1n) is 9.19. The zero-order valence-electron chi connectivity index (χ0n) is 15.5. The third-order valence-corrected chi connectivity index (χ3v) is 5.13. The van der Waals surface area contributed by atoms with Gasteiger partial charge in [-0.25, -0.2) is 0 Å². The minimum Gasteiger partial charge on any atom is -0.338 e. The molecule has 0 bridgehead atoms. The molecule has 30 heavy (non-hydrogen) atoms. The summed E-state index contributed by atoms with van der Waals surface area (Å²) >= 11 is 0. The normalized spacial score (nSPS) is 17.3. The topological polar surface area (TPSA) is 93.6 Å². The van der Waals surface area contributed by atoms with E-state index in [4.69, 9.17) is 0 Å². The largest absolute Gasteiger partial charge is 0.417 e. The van der Waals surface area contributed by atoms with Crippen LogP contribution in [0.5, 0.6) is 0 Å². The van der Waals surface area contributed by atoms with Gasteiger partial charge in [0.15, 0.2) is 5.65 Å². The van der Waals surface area contributed by atoms with Crippen molar-refractivity contribution in [2.75, 3.05) is 13.1 Å². The van der Waals surface area contributed by atoms with Crippen LogP contribution in [0.15, 0.2) is 42.6 Å². The van der Waals surface area contributed by atoms with Gasteiger partial charge in [-0.15, -0.1) is 10.2 Å². The fourth-order valence-corrected chi connectivity index (χ4v) is 3.66. The molecule has 8 nitrogen and oxygen atoms in total. The number of alkyl halides is 3. The number of piperidine rings is 1. The van der Waals surface area contributed by atoms with Gasteiger partial charge in [-0.05, 0) is 31.0 Å². The number of amides is 1. The molecular weight excluding hydrogens is 403 g/mol. The third kappa shape index (κ3) is 3.70. The predicted octanol–water partition coefficient (Wildman–Crippen LogP) is 3.68. The molecule has 1 amide bonds. The minimum absolute atomic E-state index is 0.183. The van der Waals surface area contributed by atoms with E-state index in [1.165, 1.54) is 34.7 Å². The summed E-state index contributed by atoms with van der Waals surface area (Å²) in [6.07, 6.45) is -2.27. The van der Waals surface area contributed by atoms with E-state index in [9.17, 15) is 28.1 Å². The van der Waals surface area contributed by atoms with Gasteiger partial charge in [0.1, 0.15) is 5.82 Å². The van der Waals surface area contributed by atoms with Crippen LogP contribution in [-0.2, 0) is 6.18 Å². The van der Waals surface area contributed by atoms with Crippen molar-refractivity contribution in [1.29, 1.82) is 0 Å². The van der Waals surface area contributed by atoms with Crippen molar-refractivity contribution in [2.24, 2.45) is 0 Å². The van der Waals surface area contributed by atoms with Crippen LogP contribution < -0.4 is 0 Å². The second kappa shape index (κ2) is 7.39. The number of nitro benzene ring substituents is 1. The Hall–Kier alpha value is -3.50. The van der Waals surface area contributed by atoms with Crippen molar-refractivity contribution in [3.8, 4) is 0 Å². The third-order valence-electron chi connectivity index (χ3n) is 5.13. The monoisotopic (exact) mass is 419 g/mol. The number of likely N-dealkylation sites (tertiary alicyclic amines) is 1. The fourth-order valence-electron chi connectivity index (χ4n) is 3.66. The van der Waals surface area contributed by atoms with Gasteiger partial charge in [-0.2, -0.15) is 13.2 Å². The van der Waals surface area contributed by atoms with Gasteiger partial charge in [-0.1, -0.05) is 6.07 Å². The van der Waals surface area contributed by atoms with E-state index >= 15 is 0 Å². The van der Waals surface area contributed by atoms with Gasteiger partial charge in [0.05, 0.1) is 10.5 Å². The predicted molar refractivity (Wildman–Crippen MR) is 99.0 cm³/mol. The second-order valence-electron chi connectivity index (χ2n) is 7.10. The molecule has 0 aliphatic carbocycles. The highest BCUT2D eigenvalue weighted by atomic mass is 19.4. The average molecular weight is 419 g/mol. The summed E-state index contributed by atoms with van der Waals surface area (Å²) in [5, 5.41) is 19.0. The van der Waals surface area contributed by atoms with E-state index in [1.807, 2.05) is 0 Å².